The smallest absolute Gasteiger partial charge is 0.125 e. The van der Waals surface area contributed by atoms with Crippen molar-refractivity contribution in [3.63, 3.8) is 0 Å². The number of hydrogen-bond acceptors (Lipinski definition) is 4. The second kappa shape index (κ2) is 6.24. The van der Waals surface area contributed by atoms with Crippen molar-refractivity contribution < 1.29 is 5.11 Å². The molecule has 1 heterocycles. The summed E-state index contributed by atoms with van der Waals surface area (Å²) in [6.45, 7) is 1.26. The number of pyridine rings is 1. The molecule has 0 spiro atoms. The zero-order valence-corrected chi connectivity index (χ0v) is 9.19. The maximum Gasteiger partial charge on any atom is 0.125 e. The highest BCUT2D eigenvalue weighted by Gasteiger charge is 2.00. The van der Waals surface area contributed by atoms with E-state index in [0.29, 0.717) is 5.82 Å². The Bertz CT molecular complexity index is 291. The number of aliphatic hydroxyl groups excluding tert-OH is 1. The normalized spacial score (nSPS) is 10.3. The standard InChI is InChI=1S/C11H19N3O/c1-14(7-3-2-4-8-15)10-5-6-13-11(12)9-10/h5-6,9,15H,2-4,7-8H2,1H3,(H2,12,13). The molecule has 0 aliphatic carbocycles. The van der Waals surface area contributed by atoms with Crippen molar-refractivity contribution in [1.82, 2.24) is 4.98 Å². The van der Waals surface area contributed by atoms with Crippen molar-refractivity contribution in [2.24, 2.45) is 0 Å². The summed E-state index contributed by atoms with van der Waals surface area (Å²) >= 11 is 0. The molecule has 0 atom stereocenters. The molecule has 0 bridgehead atoms. The van der Waals surface area contributed by atoms with Gasteiger partial charge in [-0.1, -0.05) is 0 Å². The van der Waals surface area contributed by atoms with Crippen molar-refractivity contribution in [2.75, 3.05) is 30.8 Å². The molecular formula is C11H19N3O. The molecule has 1 aromatic heterocycles. The summed E-state index contributed by atoms with van der Waals surface area (Å²) in [6, 6.07) is 3.81. The number of hydrogen-bond donors (Lipinski definition) is 2. The number of unbranched alkanes of at least 4 members (excludes halogenated alkanes) is 2. The molecule has 0 radical (unpaired) electrons. The summed E-state index contributed by atoms with van der Waals surface area (Å²) in [7, 11) is 2.04. The number of anilines is 2. The van der Waals surface area contributed by atoms with Gasteiger partial charge < -0.3 is 15.7 Å². The highest BCUT2D eigenvalue weighted by Crippen LogP contribution is 2.14. The van der Waals surface area contributed by atoms with Gasteiger partial charge in [-0.05, 0) is 25.3 Å². The minimum absolute atomic E-state index is 0.284. The minimum atomic E-state index is 0.284. The fraction of sp³-hybridized carbons (Fsp3) is 0.545. The molecular weight excluding hydrogens is 190 g/mol. The largest absolute Gasteiger partial charge is 0.396 e. The second-order valence-corrected chi connectivity index (χ2v) is 3.64. The third kappa shape index (κ3) is 4.16. The zero-order chi connectivity index (χ0) is 11.1. The Kier molecular flexibility index (Phi) is 4.90. The molecule has 1 rings (SSSR count). The van der Waals surface area contributed by atoms with E-state index in [-0.39, 0.29) is 6.61 Å². The molecule has 15 heavy (non-hydrogen) atoms. The van der Waals surface area contributed by atoms with E-state index in [0.717, 1.165) is 31.5 Å². The molecule has 4 nitrogen and oxygen atoms in total. The van der Waals surface area contributed by atoms with Crippen LogP contribution in [0.15, 0.2) is 18.3 Å². The van der Waals surface area contributed by atoms with E-state index in [1.54, 1.807) is 6.20 Å². The third-order valence-electron chi connectivity index (χ3n) is 2.36. The van der Waals surface area contributed by atoms with Gasteiger partial charge in [-0.25, -0.2) is 4.98 Å². The first-order chi connectivity index (χ1) is 7.24. The molecule has 0 fully saturated rings. The number of nitrogens with two attached hydrogens (primary N) is 1. The van der Waals surface area contributed by atoms with Gasteiger partial charge in [0.15, 0.2) is 0 Å². The third-order valence-corrected chi connectivity index (χ3v) is 2.36. The van der Waals surface area contributed by atoms with Crippen molar-refractivity contribution in [1.29, 1.82) is 0 Å². The van der Waals surface area contributed by atoms with Crippen LogP contribution < -0.4 is 10.6 Å². The van der Waals surface area contributed by atoms with Crippen molar-refractivity contribution in [3.8, 4) is 0 Å². The first-order valence-electron chi connectivity index (χ1n) is 5.27. The molecule has 84 valence electrons. The number of aromatic nitrogens is 1. The zero-order valence-electron chi connectivity index (χ0n) is 9.19. The highest BCUT2D eigenvalue weighted by molar-refractivity contribution is 5.51. The van der Waals surface area contributed by atoms with E-state index in [1.165, 1.54) is 0 Å². The Morgan fingerprint density at radius 2 is 2.20 bits per heavy atom. The summed E-state index contributed by atoms with van der Waals surface area (Å²) in [6.07, 6.45) is 4.74. The lowest BCUT2D eigenvalue weighted by Crippen LogP contribution is -2.18. The highest BCUT2D eigenvalue weighted by atomic mass is 16.2. The minimum Gasteiger partial charge on any atom is -0.396 e. The van der Waals surface area contributed by atoms with Crippen LogP contribution in [-0.4, -0.2) is 30.3 Å². The fourth-order valence-corrected chi connectivity index (χ4v) is 1.44. The van der Waals surface area contributed by atoms with Crippen LogP contribution in [0.2, 0.25) is 0 Å². The lowest BCUT2D eigenvalue weighted by molar-refractivity contribution is 0.283. The molecule has 0 aromatic carbocycles. The average Bonchev–Trinajstić information content (AvgIpc) is 2.24. The van der Waals surface area contributed by atoms with Crippen LogP contribution in [-0.2, 0) is 0 Å². The van der Waals surface area contributed by atoms with Gasteiger partial charge in [-0.15, -0.1) is 0 Å². The van der Waals surface area contributed by atoms with E-state index >= 15 is 0 Å². The lowest BCUT2D eigenvalue weighted by Gasteiger charge is -2.19. The van der Waals surface area contributed by atoms with E-state index in [1.807, 2.05) is 19.2 Å². The van der Waals surface area contributed by atoms with Gasteiger partial charge in [0.25, 0.3) is 0 Å². The van der Waals surface area contributed by atoms with Crippen LogP contribution in [0.1, 0.15) is 19.3 Å². The summed E-state index contributed by atoms with van der Waals surface area (Å²) in [5, 5.41) is 8.65. The Balaban J connectivity index is 2.36. The van der Waals surface area contributed by atoms with Crippen molar-refractivity contribution in [3.05, 3.63) is 18.3 Å². The van der Waals surface area contributed by atoms with E-state index < -0.39 is 0 Å². The van der Waals surface area contributed by atoms with Gasteiger partial charge >= 0.3 is 0 Å². The maximum atomic E-state index is 8.65. The molecule has 0 unspecified atom stereocenters. The van der Waals surface area contributed by atoms with Gasteiger partial charge in [-0.3, -0.25) is 0 Å². The topological polar surface area (TPSA) is 62.4 Å². The number of nitrogens with zero attached hydrogens (tertiary/aromatic N) is 2. The molecule has 0 aliphatic heterocycles. The van der Waals surface area contributed by atoms with Crippen molar-refractivity contribution in [2.45, 2.75) is 19.3 Å². The SMILES string of the molecule is CN(CCCCCO)c1ccnc(N)c1. The van der Waals surface area contributed by atoms with Crippen LogP contribution >= 0.6 is 0 Å². The summed E-state index contributed by atoms with van der Waals surface area (Å²) in [4.78, 5) is 6.10. The van der Waals surface area contributed by atoms with Gasteiger partial charge in [0.1, 0.15) is 5.82 Å². The lowest BCUT2D eigenvalue weighted by atomic mass is 10.2. The Hall–Kier alpha value is -1.29. The molecule has 3 N–H and O–H groups in total. The number of rotatable bonds is 6. The summed E-state index contributed by atoms with van der Waals surface area (Å²) < 4.78 is 0. The predicted molar refractivity (Wildman–Crippen MR) is 62.9 cm³/mol. The predicted octanol–water partition coefficient (Wildman–Crippen LogP) is 1.26. The molecule has 1 aromatic rings. The van der Waals surface area contributed by atoms with Crippen molar-refractivity contribution >= 4 is 11.5 Å². The summed E-state index contributed by atoms with van der Waals surface area (Å²) in [5.74, 6) is 0.551. The molecule has 4 heteroatoms. The average molecular weight is 209 g/mol. The number of nitrogen functional groups attached to an aromatic ring is 1. The fourth-order valence-electron chi connectivity index (χ4n) is 1.44. The molecule has 0 saturated carbocycles. The molecule has 0 aliphatic rings. The monoisotopic (exact) mass is 209 g/mol. The first-order valence-corrected chi connectivity index (χ1v) is 5.27. The van der Waals surface area contributed by atoms with Crippen LogP contribution in [0.3, 0.4) is 0 Å². The number of aliphatic hydroxyl groups is 1. The Morgan fingerprint density at radius 1 is 1.40 bits per heavy atom. The Morgan fingerprint density at radius 3 is 2.87 bits per heavy atom. The second-order valence-electron chi connectivity index (χ2n) is 3.64. The van der Waals surface area contributed by atoms with Crippen LogP contribution in [0.4, 0.5) is 11.5 Å². The van der Waals surface area contributed by atoms with Gasteiger partial charge in [0, 0.05) is 38.1 Å². The Labute approximate surface area is 90.7 Å². The van der Waals surface area contributed by atoms with Crippen LogP contribution in [0, 0.1) is 0 Å². The van der Waals surface area contributed by atoms with E-state index in [2.05, 4.69) is 9.88 Å². The van der Waals surface area contributed by atoms with Gasteiger partial charge in [0.05, 0.1) is 0 Å². The van der Waals surface area contributed by atoms with Gasteiger partial charge in [0.2, 0.25) is 0 Å². The molecule has 0 amide bonds. The van der Waals surface area contributed by atoms with Gasteiger partial charge in [-0.2, -0.15) is 0 Å². The van der Waals surface area contributed by atoms with Crippen LogP contribution in [0.25, 0.3) is 0 Å². The van der Waals surface area contributed by atoms with E-state index in [9.17, 15) is 0 Å². The van der Waals surface area contributed by atoms with E-state index in [4.69, 9.17) is 10.8 Å². The quantitative estimate of drug-likeness (QED) is 0.692. The summed E-state index contributed by atoms with van der Waals surface area (Å²) in [5.41, 5.74) is 6.69. The maximum absolute atomic E-state index is 8.65. The molecule has 0 saturated heterocycles. The first kappa shape index (κ1) is 11.8. The van der Waals surface area contributed by atoms with Crippen LogP contribution in [0.5, 0.6) is 0 Å².